The average Bonchev–Trinajstić information content (AvgIpc) is 2.58. The molecule has 90 valence electrons. The highest BCUT2D eigenvalue weighted by Gasteiger charge is 2.27. The minimum absolute atomic E-state index is 0.125. The van der Waals surface area contributed by atoms with Crippen LogP contribution in [0, 0.1) is 12.3 Å². The van der Waals surface area contributed by atoms with Crippen molar-refractivity contribution in [3.63, 3.8) is 0 Å². The van der Waals surface area contributed by atoms with Crippen molar-refractivity contribution >= 4 is 17.2 Å². The van der Waals surface area contributed by atoms with E-state index >= 15 is 0 Å². The zero-order valence-electron chi connectivity index (χ0n) is 10.2. The lowest BCUT2D eigenvalue weighted by Crippen LogP contribution is -2.48. The number of carbonyl (C=O) groups is 1. The van der Waals surface area contributed by atoms with E-state index in [9.17, 15) is 4.79 Å². The molecule has 0 fully saturated rings. The van der Waals surface area contributed by atoms with Gasteiger partial charge < -0.3 is 11.1 Å². The lowest BCUT2D eigenvalue weighted by molar-refractivity contribution is -0.124. The van der Waals surface area contributed by atoms with Crippen LogP contribution in [0.3, 0.4) is 0 Å². The number of nitrogens with zero attached hydrogens (tertiary/aromatic N) is 1. The van der Waals surface area contributed by atoms with Crippen LogP contribution >= 0.6 is 11.3 Å². The Bertz CT molecular complexity index is 368. The molecule has 16 heavy (non-hydrogen) atoms. The first-order valence-corrected chi connectivity index (χ1v) is 6.07. The number of amides is 1. The second-order valence-corrected chi connectivity index (χ2v) is 6.25. The SMILES string of the molecule is Cc1cnc(CNC(=O)C(N)C(C)(C)C)s1. The topological polar surface area (TPSA) is 68.0 Å². The molecule has 1 aromatic rings. The Morgan fingerprint density at radius 1 is 1.62 bits per heavy atom. The minimum atomic E-state index is -0.492. The van der Waals surface area contributed by atoms with Crippen LogP contribution in [0.25, 0.3) is 0 Å². The van der Waals surface area contributed by atoms with Gasteiger partial charge in [0, 0.05) is 11.1 Å². The van der Waals surface area contributed by atoms with Crippen molar-refractivity contribution in [1.82, 2.24) is 10.3 Å². The van der Waals surface area contributed by atoms with E-state index in [1.807, 2.05) is 27.7 Å². The highest BCUT2D eigenvalue weighted by molar-refractivity contribution is 7.11. The molecule has 1 aromatic heterocycles. The number of aryl methyl sites for hydroxylation is 1. The van der Waals surface area contributed by atoms with Gasteiger partial charge in [-0.2, -0.15) is 0 Å². The molecule has 1 atom stereocenters. The Kier molecular flexibility index (Phi) is 4.04. The van der Waals surface area contributed by atoms with E-state index in [0.29, 0.717) is 6.54 Å². The molecule has 0 saturated heterocycles. The van der Waals surface area contributed by atoms with Crippen molar-refractivity contribution in [1.29, 1.82) is 0 Å². The van der Waals surface area contributed by atoms with Crippen LogP contribution in [0.1, 0.15) is 30.7 Å². The third-order valence-electron chi connectivity index (χ3n) is 2.30. The number of aromatic nitrogens is 1. The van der Waals surface area contributed by atoms with E-state index in [0.717, 1.165) is 9.88 Å². The van der Waals surface area contributed by atoms with Gasteiger partial charge in [-0.3, -0.25) is 4.79 Å². The summed E-state index contributed by atoms with van der Waals surface area (Å²) in [4.78, 5) is 17.0. The smallest absolute Gasteiger partial charge is 0.237 e. The monoisotopic (exact) mass is 241 g/mol. The largest absolute Gasteiger partial charge is 0.348 e. The summed E-state index contributed by atoms with van der Waals surface area (Å²) < 4.78 is 0. The van der Waals surface area contributed by atoms with Crippen LogP contribution in [0.4, 0.5) is 0 Å². The van der Waals surface area contributed by atoms with E-state index in [4.69, 9.17) is 5.73 Å². The van der Waals surface area contributed by atoms with Crippen molar-refractivity contribution in [3.8, 4) is 0 Å². The molecule has 1 heterocycles. The van der Waals surface area contributed by atoms with Crippen LogP contribution in [-0.2, 0) is 11.3 Å². The van der Waals surface area contributed by atoms with Gasteiger partial charge in [0.1, 0.15) is 5.01 Å². The molecule has 0 aromatic carbocycles. The average molecular weight is 241 g/mol. The van der Waals surface area contributed by atoms with E-state index in [1.54, 1.807) is 17.5 Å². The van der Waals surface area contributed by atoms with Gasteiger partial charge >= 0.3 is 0 Å². The first kappa shape index (κ1) is 13.1. The number of hydrogen-bond acceptors (Lipinski definition) is 4. The van der Waals surface area contributed by atoms with Crippen LogP contribution in [0.5, 0.6) is 0 Å². The van der Waals surface area contributed by atoms with Gasteiger partial charge in [-0.15, -0.1) is 11.3 Å². The van der Waals surface area contributed by atoms with Gasteiger partial charge in [0.2, 0.25) is 5.91 Å². The molecule has 1 amide bonds. The van der Waals surface area contributed by atoms with Crippen LogP contribution in [-0.4, -0.2) is 16.9 Å². The molecule has 3 N–H and O–H groups in total. The fourth-order valence-corrected chi connectivity index (χ4v) is 1.88. The third-order valence-corrected chi connectivity index (χ3v) is 3.21. The molecule has 0 spiro atoms. The lowest BCUT2D eigenvalue weighted by atomic mass is 9.87. The molecule has 1 rings (SSSR count). The van der Waals surface area contributed by atoms with Gasteiger partial charge in [0.25, 0.3) is 0 Å². The predicted octanol–water partition coefficient (Wildman–Crippen LogP) is 1.44. The fourth-order valence-electron chi connectivity index (χ4n) is 1.15. The highest BCUT2D eigenvalue weighted by atomic mass is 32.1. The van der Waals surface area contributed by atoms with E-state index in [2.05, 4.69) is 10.3 Å². The molecule has 0 aliphatic rings. The number of thiazole rings is 1. The molecule has 5 heteroatoms. The van der Waals surface area contributed by atoms with E-state index in [1.165, 1.54) is 0 Å². The van der Waals surface area contributed by atoms with E-state index in [-0.39, 0.29) is 11.3 Å². The van der Waals surface area contributed by atoms with Gasteiger partial charge in [-0.25, -0.2) is 4.98 Å². The highest BCUT2D eigenvalue weighted by Crippen LogP contribution is 2.17. The summed E-state index contributed by atoms with van der Waals surface area (Å²) in [5.41, 5.74) is 5.62. The number of nitrogens with two attached hydrogens (primary N) is 1. The summed E-state index contributed by atoms with van der Waals surface area (Å²) in [6.07, 6.45) is 1.80. The quantitative estimate of drug-likeness (QED) is 0.841. The Labute approximate surface area is 100 Å². The van der Waals surface area contributed by atoms with Crippen molar-refractivity contribution < 1.29 is 4.79 Å². The molecular weight excluding hydrogens is 222 g/mol. The van der Waals surface area contributed by atoms with Gasteiger partial charge in [0.15, 0.2) is 0 Å². The first-order chi connectivity index (χ1) is 7.30. The molecule has 1 unspecified atom stereocenters. The molecule has 0 bridgehead atoms. The third kappa shape index (κ3) is 3.57. The van der Waals surface area contributed by atoms with Gasteiger partial charge in [0.05, 0.1) is 12.6 Å². The van der Waals surface area contributed by atoms with Crippen molar-refractivity contribution in [2.75, 3.05) is 0 Å². The van der Waals surface area contributed by atoms with Crippen LogP contribution < -0.4 is 11.1 Å². The molecule has 0 aliphatic heterocycles. The Morgan fingerprint density at radius 3 is 2.69 bits per heavy atom. The predicted molar refractivity (Wildman–Crippen MR) is 66.1 cm³/mol. The lowest BCUT2D eigenvalue weighted by Gasteiger charge is -2.25. The second-order valence-electron chi connectivity index (χ2n) is 4.93. The summed E-state index contributed by atoms with van der Waals surface area (Å²) in [6, 6.07) is -0.492. The first-order valence-electron chi connectivity index (χ1n) is 5.25. The molecular formula is C11H19N3OS. The maximum atomic E-state index is 11.7. The standard InChI is InChI=1S/C11H19N3OS/c1-7-5-13-8(16-7)6-14-10(15)9(12)11(2,3)4/h5,9H,6,12H2,1-4H3,(H,14,15). The molecule has 0 saturated carbocycles. The molecule has 4 nitrogen and oxygen atoms in total. The molecule has 0 aliphatic carbocycles. The zero-order valence-corrected chi connectivity index (χ0v) is 11.0. The number of rotatable bonds is 3. The normalized spacial score (nSPS) is 13.6. The maximum absolute atomic E-state index is 11.7. The number of hydrogen-bond donors (Lipinski definition) is 2. The summed E-state index contributed by atoms with van der Waals surface area (Å²) in [5, 5.41) is 3.71. The van der Waals surface area contributed by atoms with Crippen molar-refractivity contribution in [2.45, 2.75) is 40.3 Å². The van der Waals surface area contributed by atoms with Crippen molar-refractivity contribution in [2.24, 2.45) is 11.1 Å². The Hall–Kier alpha value is -0.940. The van der Waals surface area contributed by atoms with Gasteiger partial charge in [-0.1, -0.05) is 20.8 Å². The van der Waals surface area contributed by atoms with E-state index < -0.39 is 6.04 Å². The second kappa shape index (κ2) is 4.93. The number of carbonyl (C=O) groups excluding carboxylic acids is 1. The van der Waals surface area contributed by atoms with Crippen molar-refractivity contribution in [3.05, 3.63) is 16.1 Å². The number of nitrogens with one attached hydrogen (secondary N) is 1. The minimum Gasteiger partial charge on any atom is -0.348 e. The van der Waals surface area contributed by atoms with Crippen LogP contribution in [0.15, 0.2) is 6.20 Å². The summed E-state index contributed by atoms with van der Waals surface area (Å²) in [7, 11) is 0. The summed E-state index contributed by atoms with van der Waals surface area (Å²) >= 11 is 1.58. The Morgan fingerprint density at radius 2 is 2.25 bits per heavy atom. The zero-order chi connectivity index (χ0) is 12.3. The summed E-state index contributed by atoms with van der Waals surface area (Å²) in [5.74, 6) is -0.125. The summed E-state index contributed by atoms with van der Waals surface area (Å²) in [6.45, 7) is 8.30. The van der Waals surface area contributed by atoms with Crippen LogP contribution in [0.2, 0.25) is 0 Å². The van der Waals surface area contributed by atoms with Gasteiger partial charge in [-0.05, 0) is 12.3 Å². The Balaban J connectivity index is 2.47. The molecule has 0 radical (unpaired) electrons. The fraction of sp³-hybridized carbons (Fsp3) is 0.636. The maximum Gasteiger partial charge on any atom is 0.237 e.